The van der Waals surface area contributed by atoms with E-state index in [-0.39, 0.29) is 5.56 Å². The molecule has 0 heterocycles. The lowest BCUT2D eigenvalue weighted by Gasteiger charge is -2.23. The fraction of sp³-hybridized carbons (Fsp3) is 0.467. The molecule has 1 rings (SSSR count). The van der Waals surface area contributed by atoms with E-state index in [1.807, 2.05) is 0 Å². The van der Waals surface area contributed by atoms with Gasteiger partial charge in [-0.1, -0.05) is 0 Å². The molecule has 13 heteroatoms. The number of halogens is 5. The van der Waals surface area contributed by atoms with Gasteiger partial charge in [0.25, 0.3) is 5.91 Å². The number of ether oxygens (including phenoxy) is 2. The molecule has 0 aliphatic heterocycles. The van der Waals surface area contributed by atoms with Crippen LogP contribution in [0.1, 0.15) is 17.3 Å². The van der Waals surface area contributed by atoms with E-state index < -0.39 is 53.0 Å². The maximum Gasteiger partial charge on any atom is 0.456 e. The zero-order valence-corrected chi connectivity index (χ0v) is 14.8. The summed E-state index contributed by atoms with van der Waals surface area (Å²) >= 11 is 0. The number of amides is 1. The molecule has 0 aromatic heterocycles. The predicted octanol–water partition coefficient (Wildman–Crippen LogP) is 2.80. The third-order valence-electron chi connectivity index (χ3n) is 3.67. The minimum absolute atomic E-state index is 0.339. The van der Waals surface area contributed by atoms with E-state index in [0.29, 0.717) is 12.1 Å². The van der Waals surface area contributed by atoms with Crippen molar-refractivity contribution in [2.45, 2.75) is 25.1 Å². The Balaban J connectivity index is 3.19. The fourth-order valence-electron chi connectivity index (χ4n) is 1.87. The molecule has 8 nitrogen and oxygen atoms in total. The van der Waals surface area contributed by atoms with Crippen molar-refractivity contribution in [1.29, 1.82) is 0 Å². The van der Waals surface area contributed by atoms with Crippen LogP contribution in [0.3, 0.4) is 0 Å². The molecule has 0 radical (unpaired) electrons. The Kier molecular flexibility index (Phi) is 6.88. The minimum Gasteiger partial charge on any atom is -0.480 e. The third-order valence-corrected chi connectivity index (χ3v) is 3.67. The highest BCUT2D eigenvalue weighted by molar-refractivity contribution is 5.97. The van der Waals surface area contributed by atoms with E-state index in [4.69, 9.17) is 0 Å². The number of carbonyl (C=O) groups is 2. The number of nitrogens with zero attached hydrogens (tertiary/aromatic N) is 2. The van der Waals surface area contributed by atoms with E-state index in [9.17, 15) is 41.7 Å². The smallest absolute Gasteiger partial charge is 0.456 e. The maximum absolute atomic E-state index is 13.0. The van der Waals surface area contributed by atoms with Crippen molar-refractivity contribution in [3.8, 4) is 5.75 Å². The molecule has 0 aliphatic rings. The van der Waals surface area contributed by atoms with Crippen LogP contribution in [0.25, 0.3) is 0 Å². The fourth-order valence-corrected chi connectivity index (χ4v) is 1.87. The summed E-state index contributed by atoms with van der Waals surface area (Å²) in [6.45, 7) is -0.903. The molecule has 0 saturated carbocycles. The second-order valence-corrected chi connectivity index (χ2v) is 5.55. The average molecular weight is 414 g/mol. The summed E-state index contributed by atoms with van der Waals surface area (Å²) in [5, 5.41) is 11.0. The summed E-state index contributed by atoms with van der Waals surface area (Å²) < 4.78 is 71.5. The van der Waals surface area contributed by atoms with Crippen molar-refractivity contribution in [1.82, 2.24) is 4.90 Å². The second-order valence-electron chi connectivity index (χ2n) is 5.55. The molecule has 156 valence electrons. The largest absolute Gasteiger partial charge is 0.480 e. The molecular weight excluding hydrogens is 399 g/mol. The Bertz CT molecular complexity index is 768. The molecule has 0 spiro atoms. The second kappa shape index (κ2) is 8.35. The number of hydrogen-bond donors (Lipinski definition) is 0. The normalized spacial score (nSPS) is 12.9. The molecule has 0 fully saturated rings. The Morgan fingerprint density at radius 2 is 1.82 bits per heavy atom. The highest BCUT2D eigenvalue weighted by Gasteiger charge is 2.58. The lowest BCUT2D eigenvalue weighted by molar-refractivity contribution is -0.386. The van der Waals surface area contributed by atoms with Gasteiger partial charge in [-0.2, -0.15) is 22.0 Å². The van der Waals surface area contributed by atoms with Gasteiger partial charge in [-0.15, -0.1) is 0 Å². The van der Waals surface area contributed by atoms with Gasteiger partial charge >= 0.3 is 23.8 Å². The number of nitro benzene ring substituents is 1. The standard InChI is InChI=1S/C15H15F5N2O6/c1-8(13(24)27-3)21(2)12(23)9-4-5-10(22(25)26)11(6-9)28-7-14(16,17)15(18,19)20/h4-6,8H,7H2,1-3H3/t8-/m0/s1. The first-order valence-electron chi connectivity index (χ1n) is 7.43. The molecule has 1 amide bonds. The van der Waals surface area contributed by atoms with Crippen LogP contribution in [-0.2, 0) is 9.53 Å². The van der Waals surface area contributed by atoms with E-state index >= 15 is 0 Å². The van der Waals surface area contributed by atoms with Crippen molar-refractivity contribution in [3.05, 3.63) is 33.9 Å². The first-order chi connectivity index (χ1) is 12.7. The number of methoxy groups -OCH3 is 1. The average Bonchev–Trinajstić information content (AvgIpc) is 2.62. The number of esters is 1. The monoisotopic (exact) mass is 414 g/mol. The number of carbonyl (C=O) groups excluding carboxylic acids is 2. The van der Waals surface area contributed by atoms with Gasteiger partial charge in [0.05, 0.1) is 12.0 Å². The first kappa shape index (κ1) is 23.0. The van der Waals surface area contributed by atoms with Crippen molar-refractivity contribution >= 4 is 17.6 Å². The molecular formula is C15H15F5N2O6. The van der Waals surface area contributed by atoms with Gasteiger partial charge in [-0.05, 0) is 13.0 Å². The van der Waals surface area contributed by atoms with Crippen LogP contribution in [0.2, 0.25) is 0 Å². The molecule has 1 atom stereocenters. The SMILES string of the molecule is COC(=O)[C@H](C)N(C)C(=O)c1ccc([N+](=O)[O-])c(OCC(F)(F)C(F)(F)F)c1. The topological polar surface area (TPSA) is 99.0 Å². The molecule has 0 unspecified atom stereocenters. The Labute approximate surface area is 155 Å². The van der Waals surface area contributed by atoms with Gasteiger partial charge in [-0.25, -0.2) is 4.79 Å². The minimum atomic E-state index is -5.93. The van der Waals surface area contributed by atoms with Gasteiger partial charge in [0.1, 0.15) is 6.04 Å². The van der Waals surface area contributed by atoms with Crippen LogP contribution in [0.5, 0.6) is 5.75 Å². The number of nitro groups is 1. The lowest BCUT2D eigenvalue weighted by Crippen LogP contribution is -2.42. The summed E-state index contributed by atoms with van der Waals surface area (Å²) in [5.74, 6) is -7.88. The highest BCUT2D eigenvalue weighted by Crippen LogP contribution is 2.37. The zero-order valence-electron chi connectivity index (χ0n) is 14.8. The van der Waals surface area contributed by atoms with E-state index in [0.717, 1.165) is 18.1 Å². The van der Waals surface area contributed by atoms with Crippen LogP contribution in [0, 0.1) is 10.1 Å². The molecule has 1 aromatic rings. The van der Waals surface area contributed by atoms with Crippen LogP contribution >= 0.6 is 0 Å². The Morgan fingerprint density at radius 3 is 2.29 bits per heavy atom. The maximum atomic E-state index is 13.0. The van der Waals surface area contributed by atoms with Gasteiger partial charge in [0.2, 0.25) is 0 Å². The van der Waals surface area contributed by atoms with Crippen LogP contribution in [0.15, 0.2) is 18.2 Å². The Hall–Kier alpha value is -2.99. The predicted molar refractivity (Wildman–Crippen MR) is 83.2 cm³/mol. The lowest BCUT2D eigenvalue weighted by atomic mass is 10.1. The van der Waals surface area contributed by atoms with Gasteiger partial charge in [0.15, 0.2) is 12.4 Å². The molecule has 1 aromatic carbocycles. The summed E-state index contributed by atoms with van der Waals surface area (Å²) in [4.78, 5) is 34.6. The number of likely N-dealkylation sites (N-methyl/N-ethyl adjacent to an activating group) is 1. The highest BCUT2D eigenvalue weighted by atomic mass is 19.4. The molecule has 0 saturated heterocycles. The summed E-state index contributed by atoms with van der Waals surface area (Å²) in [5.41, 5.74) is -1.26. The quantitative estimate of drug-likeness (QED) is 0.295. The Morgan fingerprint density at radius 1 is 1.25 bits per heavy atom. The van der Waals surface area contributed by atoms with Gasteiger partial charge in [0, 0.05) is 24.7 Å². The van der Waals surface area contributed by atoms with E-state index in [1.165, 1.54) is 14.0 Å². The van der Waals surface area contributed by atoms with Crippen molar-refractivity contribution in [2.24, 2.45) is 0 Å². The van der Waals surface area contributed by atoms with Crippen molar-refractivity contribution in [3.63, 3.8) is 0 Å². The number of alkyl halides is 5. The van der Waals surface area contributed by atoms with Gasteiger partial charge in [-0.3, -0.25) is 14.9 Å². The van der Waals surface area contributed by atoms with Crippen LogP contribution in [0.4, 0.5) is 27.6 Å². The number of benzene rings is 1. The van der Waals surface area contributed by atoms with Crippen LogP contribution < -0.4 is 4.74 Å². The van der Waals surface area contributed by atoms with Gasteiger partial charge < -0.3 is 14.4 Å². The zero-order chi connectivity index (χ0) is 21.9. The summed E-state index contributed by atoms with van der Waals surface area (Å²) in [7, 11) is 2.28. The molecule has 0 N–H and O–H groups in total. The number of rotatable bonds is 7. The molecule has 0 bridgehead atoms. The molecule has 28 heavy (non-hydrogen) atoms. The van der Waals surface area contributed by atoms with Crippen LogP contribution in [-0.4, -0.2) is 60.6 Å². The first-order valence-corrected chi connectivity index (χ1v) is 7.43. The summed E-state index contributed by atoms with van der Waals surface area (Å²) in [6, 6.07) is 1.24. The van der Waals surface area contributed by atoms with Crippen molar-refractivity contribution < 1.29 is 45.9 Å². The third kappa shape index (κ3) is 5.04. The summed E-state index contributed by atoms with van der Waals surface area (Å²) in [6.07, 6.45) is -5.93. The molecule has 0 aliphatic carbocycles. The van der Waals surface area contributed by atoms with Crippen molar-refractivity contribution in [2.75, 3.05) is 20.8 Å². The van der Waals surface area contributed by atoms with E-state index in [2.05, 4.69) is 9.47 Å². The number of hydrogen-bond acceptors (Lipinski definition) is 6. The van der Waals surface area contributed by atoms with E-state index in [1.54, 1.807) is 0 Å².